The van der Waals surface area contributed by atoms with Gasteiger partial charge in [-0.05, 0) is 61.6 Å². The van der Waals surface area contributed by atoms with Crippen LogP contribution in [-0.2, 0) is 11.2 Å². The maximum Gasteiger partial charge on any atom is 0.161 e. The number of nitrogens with zero attached hydrogens (tertiary/aromatic N) is 1. The van der Waals surface area contributed by atoms with E-state index < -0.39 is 6.10 Å². The average Bonchev–Trinajstić information content (AvgIpc) is 3.68. The second-order valence-electron chi connectivity index (χ2n) is 12.3. The summed E-state index contributed by atoms with van der Waals surface area (Å²) in [5.41, 5.74) is 3.23. The van der Waals surface area contributed by atoms with Gasteiger partial charge in [0.25, 0.3) is 0 Å². The summed E-state index contributed by atoms with van der Waals surface area (Å²) in [6.07, 6.45) is 5.75. The third-order valence-corrected chi connectivity index (χ3v) is 9.12. The molecule has 1 unspecified atom stereocenters. The minimum Gasteiger partial charge on any atom is -0.493 e. The number of rotatable bonds is 15. The van der Waals surface area contributed by atoms with Crippen LogP contribution in [0.2, 0.25) is 0 Å². The Balaban J connectivity index is 0.910. The number of hydrogen-bond acceptors (Lipinski definition) is 8. The molecule has 1 aliphatic heterocycles. The lowest BCUT2D eigenvalue weighted by molar-refractivity contribution is -0.0316. The number of aliphatic hydroxyl groups is 2. The van der Waals surface area contributed by atoms with Gasteiger partial charge in [0, 0.05) is 48.5 Å². The van der Waals surface area contributed by atoms with Gasteiger partial charge in [0.2, 0.25) is 0 Å². The number of H-pyrrole nitrogens is 1. The molecule has 242 valence electrons. The zero-order chi connectivity index (χ0) is 31.0. The molecule has 0 spiro atoms. The highest BCUT2D eigenvalue weighted by atomic mass is 16.5. The summed E-state index contributed by atoms with van der Waals surface area (Å²) in [5, 5.41) is 25.9. The Morgan fingerprint density at radius 3 is 2.67 bits per heavy atom. The van der Waals surface area contributed by atoms with Gasteiger partial charge in [0.05, 0.1) is 31.4 Å². The fourth-order valence-corrected chi connectivity index (χ4v) is 6.81. The second kappa shape index (κ2) is 15.3. The molecule has 1 saturated carbocycles. The third-order valence-electron chi connectivity index (χ3n) is 9.12. The summed E-state index contributed by atoms with van der Waals surface area (Å²) < 4.78 is 24.0. The SMILES string of the molecule is COc1cc(CCO[C@@H]2CCCC[C@H]2N2CCC(O)C2)ccc1OCCNC[C@H](O)COc1cccc2[nH]c3ccccc3c12. The fraction of sp³-hybridized carbons (Fsp3) is 0.500. The summed E-state index contributed by atoms with van der Waals surface area (Å²) in [4.78, 5) is 5.85. The van der Waals surface area contributed by atoms with Gasteiger partial charge in [-0.3, -0.25) is 4.90 Å². The van der Waals surface area contributed by atoms with Crippen LogP contribution in [-0.4, -0.2) is 97.6 Å². The highest BCUT2D eigenvalue weighted by Crippen LogP contribution is 2.33. The predicted molar refractivity (Wildman–Crippen MR) is 177 cm³/mol. The Labute approximate surface area is 265 Å². The van der Waals surface area contributed by atoms with Crippen molar-refractivity contribution in [3.05, 3.63) is 66.2 Å². The number of β-amino-alcohol motifs (C(OH)–C–C–N with tert-alkyl or cyclic N) is 1. The first-order valence-electron chi connectivity index (χ1n) is 16.4. The second-order valence-corrected chi connectivity index (χ2v) is 12.3. The van der Waals surface area contributed by atoms with Crippen LogP contribution in [0.4, 0.5) is 0 Å². The summed E-state index contributed by atoms with van der Waals surface area (Å²) >= 11 is 0. The number of fused-ring (bicyclic) bond motifs is 3. The minimum absolute atomic E-state index is 0.189. The van der Waals surface area contributed by atoms with Crippen LogP contribution >= 0.6 is 0 Å². The molecule has 2 fully saturated rings. The van der Waals surface area contributed by atoms with Crippen molar-refractivity contribution in [3.8, 4) is 17.2 Å². The number of hydrogen-bond donors (Lipinski definition) is 4. The predicted octanol–water partition coefficient (Wildman–Crippen LogP) is 4.67. The van der Waals surface area contributed by atoms with Crippen molar-refractivity contribution < 1.29 is 29.2 Å². The van der Waals surface area contributed by atoms with Gasteiger partial charge in [0.15, 0.2) is 11.5 Å². The largest absolute Gasteiger partial charge is 0.493 e. The highest BCUT2D eigenvalue weighted by molar-refractivity contribution is 6.10. The molecule has 9 nitrogen and oxygen atoms in total. The minimum atomic E-state index is -0.660. The molecule has 6 rings (SSSR count). The molecule has 45 heavy (non-hydrogen) atoms. The molecule has 1 aromatic heterocycles. The van der Waals surface area contributed by atoms with E-state index in [1.807, 2.05) is 42.5 Å². The number of nitrogens with one attached hydrogen (secondary N) is 2. The molecule has 2 aliphatic rings. The number of aliphatic hydroxyl groups excluding tert-OH is 2. The number of ether oxygens (including phenoxy) is 4. The fourth-order valence-electron chi connectivity index (χ4n) is 6.81. The molecule has 0 amide bonds. The lowest BCUT2D eigenvalue weighted by Crippen LogP contribution is -2.46. The average molecular weight is 618 g/mol. The van der Waals surface area contributed by atoms with Crippen molar-refractivity contribution in [2.45, 2.75) is 62.9 Å². The van der Waals surface area contributed by atoms with Crippen LogP contribution in [0.25, 0.3) is 21.8 Å². The van der Waals surface area contributed by atoms with E-state index in [9.17, 15) is 10.2 Å². The van der Waals surface area contributed by atoms with Crippen molar-refractivity contribution in [1.82, 2.24) is 15.2 Å². The van der Waals surface area contributed by atoms with Crippen LogP contribution in [0.15, 0.2) is 60.7 Å². The molecule has 2 heterocycles. The summed E-state index contributed by atoms with van der Waals surface area (Å²) in [6.45, 7) is 4.00. The lowest BCUT2D eigenvalue weighted by Gasteiger charge is -2.37. The number of aromatic nitrogens is 1. The molecule has 4 aromatic rings. The van der Waals surface area contributed by atoms with E-state index in [-0.39, 0.29) is 18.8 Å². The maximum absolute atomic E-state index is 10.5. The van der Waals surface area contributed by atoms with Gasteiger partial charge < -0.3 is 39.5 Å². The van der Waals surface area contributed by atoms with Gasteiger partial charge in [-0.1, -0.05) is 43.2 Å². The Hall–Kier alpha value is -3.34. The van der Waals surface area contributed by atoms with Crippen molar-refractivity contribution in [2.75, 3.05) is 53.1 Å². The Kier molecular flexibility index (Phi) is 10.8. The molecular formula is C36H47N3O6. The van der Waals surface area contributed by atoms with Gasteiger partial charge in [-0.15, -0.1) is 0 Å². The number of para-hydroxylation sites is 1. The molecule has 0 bridgehead atoms. The molecule has 1 saturated heterocycles. The van der Waals surface area contributed by atoms with Crippen LogP contribution in [0.1, 0.15) is 37.7 Å². The topological polar surface area (TPSA) is 108 Å². The Morgan fingerprint density at radius 2 is 1.80 bits per heavy atom. The number of aromatic amines is 1. The first-order chi connectivity index (χ1) is 22.1. The van der Waals surface area contributed by atoms with Crippen molar-refractivity contribution in [1.29, 1.82) is 0 Å². The molecule has 4 atom stereocenters. The van der Waals surface area contributed by atoms with Crippen molar-refractivity contribution >= 4 is 21.8 Å². The first-order valence-corrected chi connectivity index (χ1v) is 16.4. The quantitative estimate of drug-likeness (QED) is 0.143. The van der Waals surface area contributed by atoms with Gasteiger partial charge in [-0.25, -0.2) is 0 Å². The third kappa shape index (κ3) is 7.91. The number of likely N-dealkylation sites (tertiary alicyclic amines) is 1. The van der Waals surface area contributed by atoms with E-state index in [0.29, 0.717) is 43.8 Å². The van der Waals surface area contributed by atoms with E-state index in [0.717, 1.165) is 71.9 Å². The van der Waals surface area contributed by atoms with Crippen LogP contribution < -0.4 is 19.5 Å². The zero-order valence-corrected chi connectivity index (χ0v) is 26.2. The highest BCUT2D eigenvalue weighted by Gasteiger charge is 2.34. The Bertz CT molecular complexity index is 1530. The van der Waals surface area contributed by atoms with E-state index >= 15 is 0 Å². The van der Waals surface area contributed by atoms with E-state index in [2.05, 4.69) is 33.4 Å². The normalized spacial score (nSPS) is 21.4. The number of methoxy groups -OCH3 is 1. The maximum atomic E-state index is 10.5. The molecule has 3 aromatic carbocycles. The summed E-state index contributed by atoms with van der Waals surface area (Å²) in [5.74, 6) is 2.16. The number of benzene rings is 3. The standard InChI is InChI=1S/C36H47N3O6/c1-42-35-21-25(16-19-43-32-11-5-4-10-31(32)39-18-15-26(40)23-39)13-14-33(35)44-20-17-37-22-27(41)24-45-34-12-6-9-30-36(34)28-7-2-3-8-29(28)38-30/h2-3,6-9,12-14,21,26-27,31-32,37-38,40-41H,4-5,10-11,15-20,22-24H2,1H3/t26?,27-,31+,32+/m0/s1. The van der Waals surface area contributed by atoms with Gasteiger partial charge >= 0.3 is 0 Å². The monoisotopic (exact) mass is 617 g/mol. The molecule has 4 N–H and O–H groups in total. The molecular weight excluding hydrogens is 570 g/mol. The van der Waals surface area contributed by atoms with E-state index in [4.69, 9.17) is 18.9 Å². The van der Waals surface area contributed by atoms with Crippen molar-refractivity contribution in [3.63, 3.8) is 0 Å². The van der Waals surface area contributed by atoms with E-state index in [1.165, 1.54) is 12.8 Å². The summed E-state index contributed by atoms with van der Waals surface area (Å²) in [6, 6.07) is 20.6. The smallest absolute Gasteiger partial charge is 0.161 e. The van der Waals surface area contributed by atoms with Gasteiger partial charge in [-0.2, -0.15) is 0 Å². The van der Waals surface area contributed by atoms with Crippen LogP contribution in [0, 0.1) is 0 Å². The van der Waals surface area contributed by atoms with Crippen LogP contribution in [0.5, 0.6) is 17.2 Å². The van der Waals surface area contributed by atoms with Gasteiger partial charge in [0.1, 0.15) is 25.1 Å². The van der Waals surface area contributed by atoms with Crippen molar-refractivity contribution in [2.24, 2.45) is 0 Å². The Morgan fingerprint density at radius 1 is 0.933 bits per heavy atom. The van der Waals surface area contributed by atoms with Crippen LogP contribution in [0.3, 0.4) is 0 Å². The zero-order valence-electron chi connectivity index (χ0n) is 26.2. The molecule has 9 heteroatoms. The molecule has 0 radical (unpaired) electrons. The first kappa shape index (κ1) is 31.6. The lowest BCUT2D eigenvalue weighted by atomic mass is 9.91. The summed E-state index contributed by atoms with van der Waals surface area (Å²) in [7, 11) is 1.66. The molecule has 1 aliphatic carbocycles. The van der Waals surface area contributed by atoms with E-state index in [1.54, 1.807) is 7.11 Å².